The van der Waals surface area contributed by atoms with Crippen molar-refractivity contribution in [2.24, 2.45) is 0 Å². The predicted octanol–water partition coefficient (Wildman–Crippen LogP) is 1.19. The molecule has 4 heteroatoms. The Hall–Kier alpha value is -1.13. The van der Waals surface area contributed by atoms with Crippen molar-refractivity contribution in [3.05, 3.63) is 23.9 Å². The highest BCUT2D eigenvalue weighted by Crippen LogP contribution is 2.17. The van der Waals surface area contributed by atoms with Crippen molar-refractivity contribution >= 4 is 5.82 Å². The summed E-state index contributed by atoms with van der Waals surface area (Å²) in [6.07, 6.45) is 4.31. The lowest BCUT2D eigenvalue weighted by molar-refractivity contribution is 0.129. The van der Waals surface area contributed by atoms with Crippen molar-refractivity contribution in [3.8, 4) is 0 Å². The average Bonchev–Trinajstić information content (AvgIpc) is 2.32. The van der Waals surface area contributed by atoms with E-state index in [1.165, 1.54) is 19.4 Å². The van der Waals surface area contributed by atoms with Gasteiger partial charge in [0.05, 0.1) is 0 Å². The number of rotatable bonds is 3. The maximum Gasteiger partial charge on any atom is 0.127 e. The summed E-state index contributed by atoms with van der Waals surface area (Å²) in [5.41, 5.74) is 7.01. The molecule has 0 saturated carbocycles. The molecule has 0 bridgehead atoms. The van der Waals surface area contributed by atoms with Gasteiger partial charge in [-0.1, -0.05) is 6.07 Å². The van der Waals surface area contributed by atoms with Crippen molar-refractivity contribution in [1.82, 2.24) is 14.8 Å². The fourth-order valence-corrected chi connectivity index (χ4v) is 2.48. The molecule has 2 heterocycles. The molecular weight excluding hydrogens is 212 g/mol. The number of hydrogen-bond donors (Lipinski definition) is 1. The summed E-state index contributed by atoms with van der Waals surface area (Å²) in [4.78, 5) is 8.92. The summed E-state index contributed by atoms with van der Waals surface area (Å²) in [5, 5.41) is 0. The Morgan fingerprint density at radius 1 is 1.59 bits per heavy atom. The molecule has 1 aromatic heterocycles. The van der Waals surface area contributed by atoms with Crippen LogP contribution in [-0.2, 0) is 6.54 Å². The van der Waals surface area contributed by atoms with Gasteiger partial charge in [0.1, 0.15) is 5.82 Å². The van der Waals surface area contributed by atoms with Gasteiger partial charge in [0.15, 0.2) is 0 Å². The highest BCUT2D eigenvalue weighted by Gasteiger charge is 2.21. The number of aromatic nitrogens is 1. The molecule has 1 saturated heterocycles. The molecule has 1 unspecified atom stereocenters. The third-order valence-corrected chi connectivity index (χ3v) is 3.57. The SMILES string of the molecule is CN1CCCC(N(C)Cc2cccnc2N)C1. The van der Waals surface area contributed by atoms with E-state index >= 15 is 0 Å². The van der Waals surface area contributed by atoms with E-state index in [4.69, 9.17) is 5.73 Å². The minimum atomic E-state index is 0.633. The Morgan fingerprint density at radius 3 is 3.12 bits per heavy atom. The molecule has 0 aromatic carbocycles. The average molecular weight is 234 g/mol. The Morgan fingerprint density at radius 2 is 2.41 bits per heavy atom. The maximum atomic E-state index is 5.88. The van der Waals surface area contributed by atoms with Gasteiger partial charge in [0.25, 0.3) is 0 Å². The van der Waals surface area contributed by atoms with E-state index in [1.807, 2.05) is 6.07 Å². The van der Waals surface area contributed by atoms with Crippen LogP contribution in [0.3, 0.4) is 0 Å². The summed E-state index contributed by atoms with van der Waals surface area (Å²) in [7, 11) is 4.37. The van der Waals surface area contributed by atoms with E-state index in [2.05, 4.69) is 34.9 Å². The first-order valence-corrected chi connectivity index (χ1v) is 6.25. The number of nitrogens with two attached hydrogens (primary N) is 1. The Labute approximate surface area is 103 Å². The fraction of sp³-hybridized carbons (Fsp3) is 0.615. The second-order valence-corrected chi connectivity index (χ2v) is 5.02. The van der Waals surface area contributed by atoms with Crippen LogP contribution in [0.2, 0.25) is 0 Å². The number of pyridine rings is 1. The van der Waals surface area contributed by atoms with E-state index in [-0.39, 0.29) is 0 Å². The first kappa shape index (κ1) is 12.3. The normalized spacial score (nSPS) is 21.9. The number of piperidine rings is 1. The lowest BCUT2D eigenvalue weighted by Gasteiger charge is -2.36. The van der Waals surface area contributed by atoms with Crippen LogP contribution in [0.4, 0.5) is 5.82 Å². The molecule has 17 heavy (non-hydrogen) atoms. The largest absolute Gasteiger partial charge is 0.383 e. The van der Waals surface area contributed by atoms with Crippen molar-refractivity contribution < 1.29 is 0 Å². The Bertz CT molecular complexity index is 366. The molecule has 4 nitrogen and oxygen atoms in total. The van der Waals surface area contributed by atoms with Gasteiger partial charge in [-0.25, -0.2) is 4.98 Å². The first-order valence-electron chi connectivity index (χ1n) is 6.25. The van der Waals surface area contributed by atoms with Gasteiger partial charge in [0.2, 0.25) is 0 Å². The van der Waals surface area contributed by atoms with Crippen LogP contribution in [-0.4, -0.2) is 48.0 Å². The van der Waals surface area contributed by atoms with Gasteiger partial charge >= 0.3 is 0 Å². The minimum Gasteiger partial charge on any atom is -0.383 e. The predicted molar refractivity (Wildman–Crippen MR) is 70.6 cm³/mol. The molecule has 1 aromatic rings. The van der Waals surface area contributed by atoms with E-state index < -0.39 is 0 Å². The van der Waals surface area contributed by atoms with E-state index in [0.29, 0.717) is 11.9 Å². The molecule has 0 radical (unpaired) electrons. The standard InChI is InChI=1S/C13H22N4/c1-16-8-4-6-12(10-16)17(2)9-11-5-3-7-15-13(11)14/h3,5,7,12H,4,6,8-10H2,1-2H3,(H2,14,15). The van der Waals surface area contributed by atoms with Crippen molar-refractivity contribution in [3.63, 3.8) is 0 Å². The number of hydrogen-bond acceptors (Lipinski definition) is 4. The zero-order valence-electron chi connectivity index (χ0n) is 10.8. The second-order valence-electron chi connectivity index (χ2n) is 5.02. The molecule has 1 aliphatic rings. The fourth-order valence-electron chi connectivity index (χ4n) is 2.48. The maximum absolute atomic E-state index is 5.88. The van der Waals surface area contributed by atoms with Gasteiger partial charge in [-0.3, -0.25) is 4.90 Å². The van der Waals surface area contributed by atoms with Crippen molar-refractivity contribution in [2.75, 3.05) is 32.9 Å². The second kappa shape index (κ2) is 5.47. The zero-order chi connectivity index (χ0) is 12.3. The number of nitrogens with zero attached hydrogens (tertiary/aromatic N) is 3. The molecule has 2 N–H and O–H groups in total. The van der Waals surface area contributed by atoms with E-state index in [0.717, 1.165) is 18.7 Å². The van der Waals surface area contributed by atoms with Gasteiger partial charge in [-0.05, 0) is 39.5 Å². The molecular formula is C13H22N4. The van der Waals surface area contributed by atoms with Gasteiger partial charge in [-0.2, -0.15) is 0 Å². The number of nitrogen functional groups attached to an aromatic ring is 1. The molecule has 94 valence electrons. The van der Waals surface area contributed by atoms with E-state index in [9.17, 15) is 0 Å². The molecule has 2 rings (SSSR count). The third kappa shape index (κ3) is 3.17. The molecule has 0 aliphatic carbocycles. The first-order chi connectivity index (χ1) is 8.16. The quantitative estimate of drug-likeness (QED) is 0.853. The highest BCUT2D eigenvalue weighted by molar-refractivity contribution is 5.38. The summed E-state index contributed by atoms with van der Waals surface area (Å²) in [5.74, 6) is 0.656. The number of likely N-dealkylation sites (N-methyl/N-ethyl adjacent to an activating group) is 2. The molecule has 0 amide bonds. The third-order valence-electron chi connectivity index (χ3n) is 3.57. The molecule has 1 aliphatic heterocycles. The monoisotopic (exact) mass is 234 g/mol. The van der Waals surface area contributed by atoms with Gasteiger partial charge in [0, 0.05) is 30.9 Å². The van der Waals surface area contributed by atoms with Gasteiger partial charge < -0.3 is 10.6 Å². The highest BCUT2D eigenvalue weighted by atomic mass is 15.2. The lowest BCUT2D eigenvalue weighted by atomic mass is 10.0. The topological polar surface area (TPSA) is 45.4 Å². The number of likely N-dealkylation sites (tertiary alicyclic amines) is 1. The van der Waals surface area contributed by atoms with Crippen LogP contribution in [0.25, 0.3) is 0 Å². The summed E-state index contributed by atoms with van der Waals surface area (Å²) >= 11 is 0. The van der Waals surface area contributed by atoms with Crippen molar-refractivity contribution in [1.29, 1.82) is 0 Å². The van der Waals surface area contributed by atoms with Crippen LogP contribution >= 0.6 is 0 Å². The minimum absolute atomic E-state index is 0.633. The molecule has 1 atom stereocenters. The summed E-state index contributed by atoms with van der Waals surface area (Å²) < 4.78 is 0. The molecule has 0 spiro atoms. The zero-order valence-corrected chi connectivity index (χ0v) is 10.8. The lowest BCUT2D eigenvalue weighted by Crippen LogP contribution is -2.44. The van der Waals surface area contributed by atoms with Crippen LogP contribution in [0.15, 0.2) is 18.3 Å². The van der Waals surface area contributed by atoms with E-state index in [1.54, 1.807) is 6.20 Å². The summed E-state index contributed by atoms with van der Waals surface area (Å²) in [6.45, 7) is 3.26. The van der Waals surface area contributed by atoms with Crippen LogP contribution < -0.4 is 5.73 Å². The van der Waals surface area contributed by atoms with Crippen molar-refractivity contribution in [2.45, 2.75) is 25.4 Å². The van der Waals surface area contributed by atoms with Crippen LogP contribution in [0.1, 0.15) is 18.4 Å². The Kier molecular flexibility index (Phi) is 3.97. The summed E-state index contributed by atoms with van der Waals surface area (Å²) in [6, 6.07) is 4.64. The van der Waals surface area contributed by atoms with Crippen LogP contribution in [0, 0.1) is 0 Å². The van der Waals surface area contributed by atoms with Gasteiger partial charge in [-0.15, -0.1) is 0 Å². The number of anilines is 1. The molecule has 1 fully saturated rings. The van der Waals surface area contributed by atoms with Crippen LogP contribution in [0.5, 0.6) is 0 Å². The Balaban J connectivity index is 1.96. The smallest absolute Gasteiger partial charge is 0.127 e.